The first-order valence-corrected chi connectivity index (χ1v) is 8.30. The Hall–Kier alpha value is -2.30. The third-order valence-corrected chi connectivity index (χ3v) is 4.22. The monoisotopic (exact) mass is 313 g/mol. The van der Waals surface area contributed by atoms with Crippen molar-refractivity contribution in [3.63, 3.8) is 0 Å². The summed E-state index contributed by atoms with van der Waals surface area (Å²) in [5.41, 5.74) is 2.20. The zero-order valence-electron chi connectivity index (χ0n) is 13.6. The van der Waals surface area contributed by atoms with Crippen molar-refractivity contribution >= 4 is 22.7 Å². The maximum atomic E-state index is 12.0. The normalized spacial score (nSPS) is 15.0. The van der Waals surface area contributed by atoms with Crippen LogP contribution in [-0.4, -0.2) is 48.8 Å². The maximum Gasteiger partial charge on any atom is 0.409 e. The number of ether oxygens (including phenoxy) is 1. The van der Waals surface area contributed by atoms with Gasteiger partial charge in [-0.05, 0) is 30.7 Å². The second-order valence-electron chi connectivity index (χ2n) is 5.79. The molecule has 0 bridgehead atoms. The Morgan fingerprint density at radius 2 is 2.00 bits per heavy atom. The average molecular weight is 313 g/mol. The zero-order valence-corrected chi connectivity index (χ0v) is 13.6. The number of hydrogen-bond acceptors (Lipinski definition) is 4. The van der Waals surface area contributed by atoms with Crippen LogP contribution in [0.1, 0.15) is 19.8 Å². The first-order valence-electron chi connectivity index (χ1n) is 8.30. The van der Waals surface area contributed by atoms with Crippen molar-refractivity contribution < 1.29 is 9.53 Å². The van der Waals surface area contributed by atoms with E-state index in [1.54, 1.807) is 4.90 Å². The molecule has 5 heteroatoms. The highest BCUT2D eigenvalue weighted by atomic mass is 16.6. The first-order chi connectivity index (χ1) is 11.3. The number of anilines is 1. The van der Waals surface area contributed by atoms with Gasteiger partial charge in [0.1, 0.15) is 0 Å². The van der Waals surface area contributed by atoms with Crippen molar-refractivity contribution in [2.24, 2.45) is 0 Å². The number of carbonyl (C=O) groups is 1. The zero-order chi connectivity index (χ0) is 16.1. The molecule has 1 aromatic heterocycles. The SMILES string of the molecule is CCCCOC(=O)N1CCN(c2cccc3ncccc23)CC1. The minimum absolute atomic E-state index is 0.183. The summed E-state index contributed by atoms with van der Waals surface area (Å²) >= 11 is 0. The van der Waals surface area contributed by atoms with Crippen LogP contribution in [0, 0.1) is 0 Å². The molecule has 0 unspecified atom stereocenters. The summed E-state index contributed by atoms with van der Waals surface area (Å²) in [7, 11) is 0. The number of unbranched alkanes of at least 4 members (excludes halogenated alkanes) is 1. The molecule has 0 spiro atoms. The molecule has 0 saturated carbocycles. The fourth-order valence-electron chi connectivity index (χ4n) is 2.89. The van der Waals surface area contributed by atoms with E-state index in [-0.39, 0.29) is 6.09 Å². The van der Waals surface area contributed by atoms with E-state index in [4.69, 9.17) is 4.74 Å². The second kappa shape index (κ2) is 7.31. The van der Waals surface area contributed by atoms with Gasteiger partial charge in [0, 0.05) is 43.4 Å². The van der Waals surface area contributed by atoms with Crippen molar-refractivity contribution in [3.05, 3.63) is 36.5 Å². The smallest absolute Gasteiger partial charge is 0.409 e. The van der Waals surface area contributed by atoms with Crippen molar-refractivity contribution in [1.29, 1.82) is 0 Å². The average Bonchev–Trinajstić information content (AvgIpc) is 2.61. The molecule has 2 heterocycles. The molecule has 122 valence electrons. The predicted octanol–water partition coefficient (Wildman–Crippen LogP) is 3.29. The molecule has 0 radical (unpaired) electrons. The molecular formula is C18H23N3O2. The molecule has 1 saturated heterocycles. The number of benzene rings is 1. The van der Waals surface area contributed by atoms with Crippen LogP contribution in [0.25, 0.3) is 10.9 Å². The van der Waals surface area contributed by atoms with E-state index in [9.17, 15) is 4.79 Å². The topological polar surface area (TPSA) is 45.7 Å². The highest BCUT2D eigenvalue weighted by molar-refractivity contribution is 5.91. The number of pyridine rings is 1. The molecule has 2 aromatic rings. The van der Waals surface area contributed by atoms with Crippen LogP contribution in [0.3, 0.4) is 0 Å². The van der Waals surface area contributed by atoms with Crippen LogP contribution >= 0.6 is 0 Å². The number of hydrogen-bond donors (Lipinski definition) is 0. The minimum Gasteiger partial charge on any atom is -0.449 e. The Kier molecular flexibility index (Phi) is 4.95. The van der Waals surface area contributed by atoms with Gasteiger partial charge < -0.3 is 14.5 Å². The lowest BCUT2D eigenvalue weighted by molar-refractivity contribution is 0.0990. The molecular weight excluding hydrogens is 290 g/mol. The summed E-state index contributed by atoms with van der Waals surface area (Å²) in [4.78, 5) is 20.5. The third kappa shape index (κ3) is 3.55. The van der Waals surface area contributed by atoms with Gasteiger partial charge >= 0.3 is 6.09 Å². The van der Waals surface area contributed by atoms with E-state index >= 15 is 0 Å². The van der Waals surface area contributed by atoms with Gasteiger partial charge in [0.25, 0.3) is 0 Å². The minimum atomic E-state index is -0.183. The molecule has 1 aromatic carbocycles. The number of amides is 1. The van der Waals surface area contributed by atoms with E-state index in [1.165, 1.54) is 5.69 Å². The van der Waals surface area contributed by atoms with E-state index in [1.807, 2.05) is 24.4 Å². The fraction of sp³-hybridized carbons (Fsp3) is 0.444. The lowest BCUT2D eigenvalue weighted by Gasteiger charge is -2.36. The summed E-state index contributed by atoms with van der Waals surface area (Å²) < 4.78 is 5.29. The Bertz CT molecular complexity index is 661. The lowest BCUT2D eigenvalue weighted by Crippen LogP contribution is -2.49. The maximum absolute atomic E-state index is 12.0. The molecule has 0 aliphatic carbocycles. The van der Waals surface area contributed by atoms with Gasteiger partial charge in [-0.25, -0.2) is 4.79 Å². The summed E-state index contributed by atoms with van der Waals surface area (Å²) in [6.45, 7) is 5.63. The van der Waals surface area contributed by atoms with Crippen LogP contribution in [0.5, 0.6) is 0 Å². The van der Waals surface area contributed by atoms with Crippen LogP contribution in [0.4, 0.5) is 10.5 Å². The van der Waals surface area contributed by atoms with Crippen molar-refractivity contribution in [2.45, 2.75) is 19.8 Å². The summed E-state index contributed by atoms with van der Waals surface area (Å²) in [5, 5.41) is 1.16. The molecule has 1 amide bonds. The van der Waals surface area contributed by atoms with Gasteiger partial charge in [-0.2, -0.15) is 0 Å². The molecule has 1 fully saturated rings. The standard InChI is InChI=1S/C18H23N3O2/c1-2-3-14-23-18(22)21-12-10-20(11-13-21)17-8-4-7-16-15(17)6-5-9-19-16/h4-9H,2-3,10-14H2,1H3. The second-order valence-corrected chi connectivity index (χ2v) is 5.79. The first kappa shape index (κ1) is 15.6. The van der Waals surface area contributed by atoms with E-state index < -0.39 is 0 Å². The quantitative estimate of drug-likeness (QED) is 0.813. The molecule has 0 N–H and O–H groups in total. The van der Waals surface area contributed by atoms with Gasteiger partial charge in [0.2, 0.25) is 0 Å². The lowest BCUT2D eigenvalue weighted by atomic mass is 10.1. The van der Waals surface area contributed by atoms with Gasteiger partial charge in [-0.3, -0.25) is 4.98 Å². The van der Waals surface area contributed by atoms with Gasteiger partial charge in [0.15, 0.2) is 0 Å². The van der Waals surface area contributed by atoms with Crippen molar-refractivity contribution in [1.82, 2.24) is 9.88 Å². The fourth-order valence-corrected chi connectivity index (χ4v) is 2.89. The number of rotatable bonds is 4. The summed E-state index contributed by atoms with van der Waals surface area (Å²) in [6.07, 6.45) is 3.60. The number of aromatic nitrogens is 1. The van der Waals surface area contributed by atoms with Gasteiger partial charge in [-0.15, -0.1) is 0 Å². The Morgan fingerprint density at radius 1 is 1.17 bits per heavy atom. The number of nitrogens with zero attached hydrogens (tertiary/aromatic N) is 3. The van der Waals surface area contributed by atoms with Crippen molar-refractivity contribution in [3.8, 4) is 0 Å². The van der Waals surface area contributed by atoms with E-state index in [2.05, 4.69) is 28.9 Å². The van der Waals surface area contributed by atoms with Crippen LogP contribution < -0.4 is 4.90 Å². The molecule has 23 heavy (non-hydrogen) atoms. The predicted molar refractivity (Wildman–Crippen MR) is 91.8 cm³/mol. The molecule has 1 aliphatic heterocycles. The third-order valence-electron chi connectivity index (χ3n) is 4.22. The van der Waals surface area contributed by atoms with E-state index in [0.717, 1.165) is 36.8 Å². The number of carbonyl (C=O) groups excluding carboxylic acids is 1. The Balaban J connectivity index is 1.63. The Labute approximate surface area is 136 Å². The largest absolute Gasteiger partial charge is 0.449 e. The van der Waals surface area contributed by atoms with Crippen LogP contribution in [0.15, 0.2) is 36.5 Å². The molecule has 3 rings (SSSR count). The van der Waals surface area contributed by atoms with Crippen molar-refractivity contribution in [2.75, 3.05) is 37.7 Å². The van der Waals surface area contributed by atoms with Crippen LogP contribution in [0.2, 0.25) is 0 Å². The highest BCUT2D eigenvalue weighted by Gasteiger charge is 2.23. The molecule has 5 nitrogen and oxygen atoms in total. The number of fused-ring (bicyclic) bond motifs is 1. The van der Waals surface area contributed by atoms with Gasteiger partial charge in [-0.1, -0.05) is 19.4 Å². The number of piperazine rings is 1. The van der Waals surface area contributed by atoms with Gasteiger partial charge in [0.05, 0.1) is 12.1 Å². The highest BCUT2D eigenvalue weighted by Crippen LogP contribution is 2.26. The molecule has 0 atom stereocenters. The van der Waals surface area contributed by atoms with E-state index in [0.29, 0.717) is 19.7 Å². The Morgan fingerprint density at radius 3 is 2.78 bits per heavy atom. The van der Waals surface area contributed by atoms with Crippen LogP contribution in [-0.2, 0) is 4.74 Å². The molecule has 1 aliphatic rings. The summed E-state index contributed by atoms with van der Waals surface area (Å²) in [5.74, 6) is 0. The summed E-state index contributed by atoms with van der Waals surface area (Å²) in [6, 6.07) is 10.3.